The number of hydrogen-bond acceptors (Lipinski definition) is 4. The van der Waals surface area contributed by atoms with Crippen molar-refractivity contribution in [3.8, 4) is 0 Å². The Labute approximate surface area is 133 Å². The van der Waals surface area contributed by atoms with Gasteiger partial charge in [0.15, 0.2) is 11.6 Å². The van der Waals surface area contributed by atoms with Gasteiger partial charge < -0.3 is 5.32 Å². The molecule has 3 rings (SSSR count). The summed E-state index contributed by atoms with van der Waals surface area (Å²) >= 11 is 0. The number of hydrogen-bond donors (Lipinski definition) is 1. The van der Waals surface area contributed by atoms with Gasteiger partial charge in [-0.15, -0.1) is 0 Å². The van der Waals surface area contributed by atoms with Gasteiger partial charge in [-0.3, -0.25) is 14.6 Å². The smallest absolute Gasteiger partial charge is 0.170 e. The lowest BCUT2D eigenvalue weighted by molar-refractivity contribution is -0.120. The molecule has 0 amide bonds. The lowest BCUT2D eigenvalue weighted by Gasteiger charge is -2.18. The van der Waals surface area contributed by atoms with Gasteiger partial charge in [-0.1, -0.05) is 6.07 Å². The largest absolute Gasteiger partial charge is 0.388 e. The van der Waals surface area contributed by atoms with Crippen LogP contribution >= 0.6 is 0 Å². The minimum atomic E-state index is -0.405. The molecule has 0 bridgehead atoms. The van der Waals surface area contributed by atoms with Crippen molar-refractivity contribution in [3.05, 3.63) is 64.7 Å². The van der Waals surface area contributed by atoms with E-state index in [1.807, 2.05) is 0 Å². The first kappa shape index (κ1) is 15.1. The van der Waals surface area contributed by atoms with E-state index in [4.69, 9.17) is 0 Å². The highest BCUT2D eigenvalue weighted by Gasteiger charge is 2.26. The van der Waals surface area contributed by atoms with Crippen LogP contribution in [0.2, 0.25) is 0 Å². The van der Waals surface area contributed by atoms with Gasteiger partial charge >= 0.3 is 0 Å². The fourth-order valence-electron chi connectivity index (χ4n) is 2.72. The van der Waals surface area contributed by atoms with E-state index in [0.717, 1.165) is 11.1 Å². The first-order valence-electron chi connectivity index (χ1n) is 7.25. The van der Waals surface area contributed by atoms with Crippen LogP contribution in [0.15, 0.2) is 42.2 Å². The summed E-state index contributed by atoms with van der Waals surface area (Å²) in [4.78, 5) is 28.7. The molecule has 23 heavy (non-hydrogen) atoms. The summed E-state index contributed by atoms with van der Waals surface area (Å²) in [5.41, 5.74) is 2.73. The summed E-state index contributed by atoms with van der Waals surface area (Å²) in [5.74, 6) is -0.920. The lowest BCUT2D eigenvalue weighted by atomic mass is 9.87. The monoisotopic (exact) mass is 310 g/mol. The Morgan fingerprint density at radius 1 is 1.39 bits per heavy atom. The predicted octanol–water partition coefficient (Wildman–Crippen LogP) is 2.58. The molecule has 5 heteroatoms. The molecule has 0 atom stereocenters. The molecule has 4 nitrogen and oxygen atoms in total. The maximum atomic E-state index is 13.7. The van der Waals surface area contributed by atoms with Crippen LogP contribution in [-0.2, 0) is 22.4 Å². The van der Waals surface area contributed by atoms with Crippen molar-refractivity contribution in [1.82, 2.24) is 4.98 Å². The molecule has 116 valence electrons. The number of Topliss-reactive ketones (excluding diaryl/α,β-unsaturated/α-hetero) is 2. The number of carbonyl (C=O) groups excluding carboxylic acids is 2. The summed E-state index contributed by atoms with van der Waals surface area (Å²) in [7, 11) is 1.67. The molecule has 0 saturated carbocycles. The molecule has 1 N–H and O–H groups in total. The number of carbonyl (C=O) groups is 2. The van der Waals surface area contributed by atoms with Gasteiger partial charge in [-0.2, -0.15) is 0 Å². The van der Waals surface area contributed by atoms with Crippen LogP contribution in [-0.4, -0.2) is 23.6 Å². The highest BCUT2D eigenvalue weighted by molar-refractivity contribution is 6.25. The summed E-state index contributed by atoms with van der Waals surface area (Å²) in [6, 6.07) is 6.22. The van der Waals surface area contributed by atoms with Crippen molar-refractivity contribution < 1.29 is 14.0 Å². The fraction of sp³-hybridized carbons (Fsp3) is 0.167. The van der Waals surface area contributed by atoms with Crippen molar-refractivity contribution in [2.75, 3.05) is 12.4 Å². The number of nitrogens with zero attached hydrogens (tertiary/aromatic N) is 1. The van der Waals surface area contributed by atoms with Crippen LogP contribution in [0.5, 0.6) is 0 Å². The normalized spacial score (nSPS) is 13.3. The topological polar surface area (TPSA) is 59.1 Å². The zero-order valence-corrected chi connectivity index (χ0v) is 12.6. The number of pyridine rings is 1. The third-order valence-electron chi connectivity index (χ3n) is 3.84. The Morgan fingerprint density at radius 2 is 2.22 bits per heavy atom. The van der Waals surface area contributed by atoms with Crippen molar-refractivity contribution in [3.63, 3.8) is 0 Å². The minimum Gasteiger partial charge on any atom is -0.388 e. The summed E-state index contributed by atoms with van der Waals surface area (Å²) < 4.78 is 13.7. The standard InChI is InChI=1S/C18H15FN2O2/c1-20-16-8-13(19)6-12-7-15(18(23)9-14(12)16)17(22)5-11-3-2-4-21-10-11/h2-4,6-8,10,20H,5,9H2,1H3. The van der Waals surface area contributed by atoms with Gasteiger partial charge in [-0.25, -0.2) is 4.39 Å². The van der Waals surface area contributed by atoms with Crippen molar-refractivity contribution >= 4 is 23.3 Å². The maximum absolute atomic E-state index is 13.7. The summed E-state index contributed by atoms with van der Waals surface area (Å²) in [5, 5.41) is 2.89. The summed E-state index contributed by atoms with van der Waals surface area (Å²) in [6.07, 6.45) is 4.91. The average molecular weight is 310 g/mol. The molecule has 1 aliphatic carbocycles. The molecule has 1 aromatic carbocycles. The Morgan fingerprint density at radius 3 is 2.91 bits per heavy atom. The van der Waals surface area contributed by atoms with E-state index in [9.17, 15) is 14.0 Å². The Kier molecular flexibility index (Phi) is 4.02. The van der Waals surface area contributed by atoms with E-state index in [0.29, 0.717) is 11.3 Å². The van der Waals surface area contributed by atoms with Gasteiger partial charge in [0, 0.05) is 38.0 Å². The van der Waals surface area contributed by atoms with Crippen LogP contribution in [0.25, 0.3) is 6.08 Å². The third-order valence-corrected chi connectivity index (χ3v) is 3.84. The highest BCUT2D eigenvalue weighted by Crippen LogP contribution is 2.29. The molecule has 0 fully saturated rings. The average Bonchev–Trinajstić information content (AvgIpc) is 2.54. The fourth-order valence-corrected chi connectivity index (χ4v) is 2.72. The molecular weight excluding hydrogens is 295 g/mol. The zero-order chi connectivity index (χ0) is 16.4. The second-order valence-electron chi connectivity index (χ2n) is 5.39. The molecule has 1 aliphatic rings. The van der Waals surface area contributed by atoms with E-state index < -0.39 is 5.82 Å². The first-order valence-corrected chi connectivity index (χ1v) is 7.25. The predicted molar refractivity (Wildman–Crippen MR) is 85.6 cm³/mol. The molecule has 0 aliphatic heterocycles. The quantitative estimate of drug-likeness (QED) is 0.882. The van der Waals surface area contributed by atoms with E-state index in [2.05, 4.69) is 10.3 Å². The molecule has 1 aromatic heterocycles. The van der Waals surface area contributed by atoms with Gasteiger partial charge in [0.25, 0.3) is 0 Å². The number of benzene rings is 1. The van der Waals surface area contributed by atoms with E-state index in [1.165, 1.54) is 18.2 Å². The Balaban J connectivity index is 1.95. The van der Waals surface area contributed by atoms with Crippen LogP contribution in [0.3, 0.4) is 0 Å². The van der Waals surface area contributed by atoms with Crippen molar-refractivity contribution in [2.45, 2.75) is 12.8 Å². The number of aromatic nitrogens is 1. The van der Waals surface area contributed by atoms with Gasteiger partial charge in [0.1, 0.15) is 5.82 Å². The second kappa shape index (κ2) is 6.12. The zero-order valence-electron chi connectivity index (χ0n) is 12.6. The van der Waals surface area contributed by atoms with Crippen LogP contribution < -0.4 is 5.32 Å². The number of allylic oxidation sites excluding steroid dienone is 1. The SMILES string of the molecule is CNc1cc(F)cc2c1CC(=O)C(C(=O)Cc1cccnc1)=C2. The van der Waals surface area contributed by atoms with Crippen LogP contribution in [0, 0.1) is 5.82 Å². The molecule has 0 unspecified atom stereocenters. The highest BCUT2D eigenvalue weighted by atomic mass is 19.1. The van der Waals surface area contributed by atoms with Crippen LogP contribution in [0.1, 0.15) is 16.7 Å². The molecular formula is C18H15FN2O2. The Hall–Kier alpha value is -2.82. The number of ketones is 2. The number of rotatable bonds is 4. The van der Waals surface area contributed by atoms with Gasteiger partial charge in [0.05, 0.1) is 5.57 Å². The lowest BCUT2D eigenvalue weighted by Crippen LogP contribution is -2.21. The second-order valence-corrected chi connectivity index (χ2v) is 5.39. The Bertz CT molecular complexity index is 813. The van der Waals surface area contributed by atoms with Gasteiger partial charge in [-0.05, 0) is 41.0 Å². The number of fused-ring (bicyclic) bond motifs is 1. The first-order chi connectivity index (χ1) is 11.1. The number of halogens is 1. The number of nitrogens with one attached hydrogen (secondary N) is 1. The molecule has 0 spiro atoms. The summed E-state index contributed by atoms with van der Waals surface area (Å²) in [6.45, 7) is 0. The minimum absolute atomic E-state index is 0.0937. The van der Waals surface area contributed by atoms with Crippen LogP contribution in [0.4, 0.5) is 10.1 Å². The molecule has 0 radical (unpaired) electrons. The maximum Gasteiger partial charge on any atom is 0.170 e. The van der Waals surface area contributed by atoms with Gasteiger partial charge in [0.2, 0.25) is 0 Å². The molecule has 0 saturated heterocycles. The van der Waals surface area contributed by atoms with E-state index >= 15 is 0 Å². The van der Waals surface area contributed by atoms with E-state index in [-0.39, 0.29) is 30.0 Å². The van der Waals surface area contributed by atoms with E-state index in [1.54, 1.807) is 31.6 Å². The third kappa shape index (κ3) is 3.04. The number of anilines is 1. The van der Waals surface area contributed by atoms with Crippen molar-refractivity contribution in [2.24, 2.45) is 0 Å². The molecule has 1 heterocycles. The van der Waals surface area contributed by atoms with Crippen molar-refractivity contribution in [1.29, 1.82) is 0 Å². The molecule has 2 aromatic rings.